The molecule has 0 spiro atoms. The van der Waals surface area contributed by atoms with E-state index in [0.29, 0.717) is 0 Å². The number of hydrogen-bond donors (Lipinski definition) is 2. The highest BCUT2D eigenvalue weighted by molar-refractivity contribution is 7.10. The minimum absolute atomic E-state index is 0.0638. The van der Waals surface area contributed by atoms with E-state index >= 15 is 0 Å². The highest BCUT2D eigenvalue weighted by Crippen LogP contribution is 2.31. The molecule has 0 aliphatic carbocycles. The van der Waals surface area contributed by atoms with Gasteiger partial charge in [0.05, 0.1) is 11.7 Å². The molecule has 3 rings (SSSR count). The minimum atomic E-state index is -0.0638. The number of fused-ring (bicyclic) bond motifs is 1. The number of nitrogens with two attached hydrogens (primary N) is 1. The van der Waals surface area contributed by atoms with Crippen LogP contribution in [0.2, 0.25) is 0 Å². The van der Waals surface area contributed by atoms with Gasteiger partial charge in [-0.05, 0) is 35.4 Å². The molecule has 4 heteroatoms. The highest BCUT2D eigenvalue weighted by Gasteiger charge is 2.19. The van der Waals surface area contributed by atoms with Crippen LogP contribution in [0.3, 0.4) is 0 Å². The fraction of sp³-hybridized carbons (Fsp3) is 0.133. The fourth-order valence-electron chi connectivity index (χ4n) is 2.33. The molecule has 0 aliphatic heterocycles. The Labute approximate surface area is 116 Å². The Hall–Kier alpha value is -1.75. The molecular formula is C15H15N3S. The van der Waals surface area contributed by atoms with Gasteiger partial charge >= 0.3 is 0 Å². The van der Waals surface area contributed by atoms with Crippen LogP contribution in [0.15, 0.2) is 48.0 Å². The Kier molecular flexibility index (Phi) is 3.29. The third-order valence-corrected chi connectivity index (χ3v) is 4.39. The Morgan fingerprint density at radius 2 is 2.05 bits per heavy atom. The van der Waals surface area contributed by atoms with Crippen molar-refractivity contribution in [1.82, 2.24) is 10.4 Å². The van der Waals surface area contributed by atoms with E-state index in [1.807, 2.05) is 24.4 Å². The molecule has 96 valence electrons. The number of hydrogen-bond acceptors (Lipinski definition) is 4. The van der Waals surface area contributed by atoms with Gasteiger partial charge in [0.15, 0.2) is 0 Å². The van der Waals surface area contributed by atoms with Gasteiger partial charge in [-0.1, -0.05) is 24.3 Å². The first-order chi connectivity index (χ1) is 9.31. The first-order valence-corrected chi connectivity index (χ1v) is 7.03. The number of nitrogens with one attached hydrogen (secondary N) is 1. The van der Waals surface area contributed by atoms with Gasteiger partial charge in [-0.25, -0.2) is 5.43 Å². The van der Waals surface area contributed by atoms with E-state index in [4.69, 9.17) is 5.84 Å². The van der Waals surface area contributed by atoms with Crippen LogP contribution in [-0.2, 0) is 0 Å². The summed E-state index contributed by atoms with van der Waals surface area (Å²) in [6.45, 7) is 2.10. The first kappa shape index (κ1) is 12.3. The van der Waals surface area contributed by atoms with Gasteiger partial charge < -0.3 is 0 Å². The van der Waals surface area contributed by atoms with Crippen molar-refractivity contribution in [3.63, 3.8) is 0 Å². The van der Waals surface area contributed by atoms with Crippen LogP contribution in [-0.4, -0.2) is 4.98 Å². The molecule has 3 N–H and O–H groups in total. The van der Waals surface area contributed by atoms with E-state index in [9.17, 15) is 0 Å². The molecule has 0 fully saturated rings. The molecule has 0 saturated carbocycles. The molecule has 1 aromatic carbocycles. The lowest BCUT2D eigenvalue weighted by Gasteiger charge is -2.17. The van der Waals surface area contributed by atoms with Gasteiger partial charge in [0, 0.05) is 16.5 Å². The quantitative estimate of drug-likeness (QED) is 0.567. The number of thiophene rings is 1. The molecule has 0 amide bonds. The fourth-order valence-corrected chi connectivity index (χ4v) is 3.32. The number of pyridine rings is 1. The van der Waals surface area contributed by atoms with E-state index in [0.717, 1.165) is 11.1 Å². The predicted molar refractivity (Wildman–Crippen MR) is 80.0 cm³/mol. The van der Waals surface area contributed by atoms with Gasteiger partial charge in [-0.15, -0.1) is 11.3 Å². The number of nitrogens with zero attached hydrogens (tertiary/aromatic N) is 1. The van der Waals surface area contributed by atoms with Gasteiger partial charge in [0.1, 0.15) is 0 Å². The summed E-state index contributed by atoms with van der Waals surface area (Å²) in [5, 5.41) is 4.41. The van der Waals surface area contributed by atoms with Crippen LogP contribution in [0.1, 0.15) is 22.2 Å². The van der Waals surface area contributed by atoms with Crippen molar-refractivity contribution in [2.75, 3.05) is 0 Å². The zero-order chi connectivity index (χ0) is 13.2. The second-order valence-corrected chi connectivity index (χ2v) is 5.43. The second kappa shape index (κ2) is 5.09. The van der Waals surface area contributed by atoms with Gasteiger partial charge in [-0.3, -0.25) is 10.8 Å². The largest absolute Gasteiger partial charge is 0.270 e. The minimum Gasteiger partial charge on any atom is -0.270 e. The van der Waals surface area contributed by atoms with Gasteiger partial charge in [0.25, 0.3) is 0 Å². The Morgan fingerprint density at radius 3 is 2.79 bits per heavy atom. The normalized spacial score (nSPS) is 12.7. The van der Waals surface area contributed by atoms with Crippen LogP contribution in [0.5, 0.6) is 0 Å². The lowest BCUT2D eigenvalue weighted by atomic mass is 10.0. The van der Waals surface area contributed by atoms with Crippen LogP contribution in [0.4, 0.5) is 0 Å². The van der Waals surface area contributed by atoms with E-state index in [1.54, 1.807) is 11.3 Å². The molecule has 19 heavy (non-hydrogen) atoms. The summed E-state index contributed by atoms with van der Waals surface area (Å²) in [6.07, 6.45) is 1.84. The topological polar surface area (TPSA) is 50.9 Å². The number of rotatable bonds is 3. The van der Waals surface area contributed by atoms with Crippen molar-refractivity contribution in [1.29, 1.82) is 0 Å². The zero-order valence-corrected chi connectivity index (χ0v) is 11.4. The predicted octanol–water partition coefficient (Wildman–Crippen LogP) is 3.16. The molecule has 1 atom stereocenters. The molecule has 2 aromatic heterocycles. The number of hydrazine groups is 1. The molecular weight excluding hydrogens is 254 g/mol. The van der Waals surface area contributed by atoms with Gasteiger partial charge in [0.2, 0.25) is 0 Å². The smallest absolute Gasteiger partial charge is 0.0982 e. The van der Waals surface area contributed by atoms with Crippen LogP contribution >= 0.6 is 11.3 Å². The molecule has 1 unspecified atom stereocenters. The van der Waals surface area contributed by atoms with E-state index in [2.05, 4.69) is 40.9 Å². The summed E-state index contributed by atoms with van der Waals surface area (Å²) in [6, 6.07) is 12.3. The standard InChI is InChI=1S/C15H15N3S/c1-10-7-9-19-15(10)14(18-16)13-12-5-3-2-4-11(12)6-8-17-13/h2-9,14,18H,16H2,1H3. The maximum atomic E-state index is 5.77. The average molecular weight is 269 g/mol. The zero-order valence-electron chi connectivity index (χ0n) is 10.6. The monoisotopic (exact) mass is 269 g/mol. The lowest BCUT2D eigenvalue weighted by Crippen LogP contribution is -2.29. The second-order valence-electron chi connectivity index (χ2n) is 4.48. The lowest BCUT2D eigenvalue weighted by molar-refractivity contribution is 0.632. The van der Waals surface area contributed by atoms with E-state index in [-0.39, 0.29) is 6.04 Å². The number of benzene rings is 1. The summed E-state index contributed by atoms with van der Waals surface area (Å²) in [5.74, 6) is 5.77. The van der Waals surface area contributed by atoms with Crippen molar-refractivity contribution in [2.24, 2.45) is 5.84 Å². The Balaban J connectivity index is 2.20. The van der Waals surface area contributed by atoms with Crippen molar-refractivity contribution in [2.45, 2.75) is 13.0 Å². The SMILES string of the molecule is Cc1ccsc1C(NN)c1nccc2ccccc12. The van der Waals surface area contributed by atoms with Crippen molar-refractivity contribution >= 4 is 22.1 Å². The molecule has 3 nitrogen and oxygen atoms in total. The summed E-state index contributed by atoms with van der Waals surface area (Å²) in [5.41, 5.74) is 5.12. The highest BCUT2D eigenvalue weighted by atomic mass is 32.1. The maximum absolute atomic E-state index is 5.77. The third kappa shape index (κ3) is 2.14. The summed E-state index contributed by atoms with van der Waals surface area (Å²) in [7, 11) is 0. The van der Waals surface area contributed by atoms with Crippen LogP contribution < -0.4 is 11.3 Å². The summed E-state index contributed by atoms with van der Waals surface area (Å²) < 4.78 is 0. The van der Waals surface area contributed by atoms with Crippen LogP contribution in [0.25, 0.3) is 10.8 Å². The van der Waals surface area contributed by atoms with Crippen molar-refractivity contribution in [3.8, 4) is 0 Å². The van der Waals surface area contributed by atoms with E-state index in [1.165, 1.54) is 15.8 Å². The first-order valence-electron chi connectivity index (χ1n) is 6.15. The molecule has 0 saturated heterocycles. The molecule has 3 aromatic rings. The Bertz CT molecular complexity index is 700. The van der Waals surface area contributed by atoms with Crippen molar-refractivity contribution in [3.05, 3.63) is 64.1 Å². The maximum Gasteiger partial charge on any atom is 0.0982 e. The van der Waals surface area contributed by atoms with Crippen LogP contribution in [0, 0.1) is 6.92 Å². The number of aromatic nitrogens is 1. The summed E-state index contributed by atoms with van der Waals surface area (Å²) >= 11 is 1.70. The Morgan fingerprint density at radius 1 is 1.21 bits per heavy atom. The number of aryl methyl sites for hydroxylation is 1. The third-order valence-electron chi connectivity index (χ3n) is 3.31. The summed E-state index contributed by atoms with van der Waals surface area (Å²) in [4.78, 5) is 5.75. The molecule has 0 aliphatic rings. The van der Waals surface area contributed by atoms with E-state index < -0.39 is 0 Å². The molecule has 2 heterocycles. The van der Waals surface area contributed by atoms with Gasteiger partial charge in [-0.2, -0.15) is 0 Å². The molecule has 0 bridgehead atoms. The molecule has 0 radical (unpaired) electrons. The van der Waals surface area contributed by atoms with Crippen molar-refractivity contribution < 1.29 is 0 Å². The average Bonchev–Trinajstić information content (AvgIpc) is 2.86.